The maximum Gasteiger partial charge on any atom is 0.132 e. The van der Waals surface area contributed by atoms with Crippen molar-refractivity contribution in [2.75, 3.05) is 0 Å². The molecule has 0 saturated carbocycles. The second-order valence-electron chi connectivity index (χ2n) is 7.65. The van der Waals surface area contributed by atoms with Crippen LogP contribution >= 0.6 is 0 Å². The van der Waals surface area contributed by atoms with Gasteiger partial charge in [-0.2, -0.15) is 0 Å². The van der Waals surface area contributed by atoms with E-state index in [0.29, 0.717) is 0 Å². The van der Waals surface area contributed by atoms with Gasteiger partial charge in [-0.1, -0.05) is 78.9 Å². The van der Waals surface area contributed by atoms with E-state index < -0.39 is 0 Å². The van der Waals surface area contributed by atoms with Gasteiger partial charge in [0.15, 0.2) is 0 Å². The summed E-state index contributed by atoms with van der Waals surface area (Å²) < 4.78 is 0. The molecule has 2 unspecified atom stereocenters. The lowest BCUT2D eigenvalue weighted by atomic mass is 9.82. The van der Waals surface area contributed by atoms with Gasteiger partial charge in [0, 0.05) is 22.2 Å². The Labute approximate surface area is 165 Å². The van der Waals surface area contributed by atoms with Crippen molar-refractivity contribution in [3.8, 4) is 0 Å². The molecule has 2 atom stereocenters. The SMILES string of the molecule is Cc1[nH]c2ccccc2c1C1=NC(c2ccccc2)C(C)(c2ccccc2)N1. The number of aromatic amines is 1. The minimum atomic E-state index is -0.317. The van der Waals surface area contributed by atoms with Gasteiger partial charge in [-0.05, 0) is 31.0 Å². The van der Waals surface area contributed by atoms with E-state index in [1.165, 1.54) is 16.5 Å². The number of nitrogens with zero attached hydrogens (tertiary/aromatic N) is 1. The first-order chi connectivity index (χ1) is 13.7. The number of hydrogen-bond donors (Lipinski definition) is 2. The van der Waals surface area contributed by atoms with Gasteiger partial charge in [-0.15, -0.1) is 0 Å². The Hall–Kier alpha value is -3.33. The van der Waals surface area contributed by atoms with Crippen LogP contribution in [0.1, 0.15) is 35.3 Å². The third kappa shape index (κ3) is 2.55. The van der Waals surface area contributed by atoms with Crippen LogP contribution < -0.4 is 5.32 Å². The Bertz CT molecular complexity index is 1160. The predicted molar refractivity (Wildman–Crippen MR) is 116 cm³/mol. The third-order valence-electron chi connectivity index (χ3n) is 5.80. The summed E-state index contributed by atoms with van der Waals surface area (Å²) in [5.41, 5.74) is 5.58. The highest BCUT2D eigenvalue weighted by molar-refractivity contribution is 6.12. The van der Waals surface area contributed by atoms with Gasteiger partial charge in [-0.25, -0.2) is 0 Å². The van der Waals surface area contributed by atoms with E-state index in [1.54, 1.807) is 0 Å². The van der Waals surface area contributed by atoms with Crippen molar-refractivity contribution >= 4 is 16.7 Å². The predicted octanol–water partition coefficient (Wildman–Crippen LogP) is 5.48. The van der Waals surface area contributed by atoms with E-state index in [0.717, 1.165) is 22.6 Å². The Morgan fingerprint density at radius 2 is 1.46 bits per heavy atom. The molecule has 5 rings (SSSR count). The standard InChI is InChI=1S/C25H23N3/c1-17-22(20-15-9-10-16-21(20)26-17)24-27-23(18-11-5-3-6-12-18)25(2,28-24)19-13-7-4-8-14-19/h3-16,23,26H,1-2H3,(H,27,28). The molecule has 1 aliphatic rings. The van der Waals surface area contributed by atoms with Crippen LogP contribution in [0.3, 0.4) is 0 Å². The molecule has 0 fully saturated rings. The van der Waals surface area contributed by atoms with Crippen molar-refractivity contribution in [3.63, 3.8) is 0 Å². The Kier molecular flexibility index (Phi) is 3.83. The van der Waals surface area contributed by atoms with E-state index in [-0.39, 0.29) is 11.6 Å². The first-order valence-corrected chi connectivity index (χ1v) is 9.71. The Morgan fingerprint density at radius 3 is 2.21 bits per heavy atom. The molecule has 28 heavy (non-hydrogen) atoms. The van der Waals surface area contributed by atoms with Gasteiger partial charge in [0.2, 0.25) is 0 Å². The zero-order valence-corrected chi connectivity index (χ0v) is 16.1. The molecular weight excluding hydrogens is 342 g/mol. The Balaban J connectivity index is 1.69. The molecule has 0 bridgehead atoms. The molecule has 0 amide bonds. The second kappa shape index (κ2) is 6.38. The molecule has 0 radical (unpaired) electrons. The van der Waals surface area contributed by atoms with Crippen LogP contribution in [0, 0.1) is 6.92 Å². The van der Waals surface area contributed by atoms with Gasteiger partial charge in [-0.3, -0.25) is 4.99 Å². The van der Waals surface area contributed by atoms with Crippen LogP contribution in [0.2, 0.25) is 0 Å². The van der Waals surface area contributed by atoms with Gasteiger partial charge < -0.3 is 10.3 Å². The topological polar surface area (TPSA) is 40.2 Å². The smallest absolute Gasteiger partial charge is 0.132 e. The molecule has 138 valence electrons. The fourth-order valence-corrected chi connectivity index (χ4v) is 4.37. The van der Waals surface area contributed by atoms with Gasteiger partial charge in [0.05, 0.1) is 5.54 Å². The van der Waals surface area contributed by atoms with Crippen LogP contribution in [0.25, 0.3) is 10.9 Å². The molecule has 1 aliphatic heterocycles. The summed E-state index contributed by atoms with van der Waals surface area (Å²) in [5.74, 6) is 0.954. The molecule has 0 saturated heterocycles. The normalized spacial score (nSPS) is 21.5. The van der Waals surface area contributed by atoms with Crippen molar-refractivity contribution in [1.82, 2.24) is 10.3 Å². The van der Waals surface area contributed by atoms with Crippen LogP contribution in [0.5, 0.6) is 0 Å². The molecule has 0 aliphatic carbocycles. The molecule has 3 heteroatoms. The van der Waals surface area contributed by atoms with Crippen LogP contribution in [-0.4, -0.2) is 10.8 Å². The van der Waals surface area contributed by atoms with Gasteiger partial charge in [0.1, 0.15) is 11.9 Å². The maximum absolute atomic E-state index is 5.23. The number of H-pyrrole nitrogens is 1. The van der Waals surface area contributed by atoms with Crippen LogP contribution in [0.15, 0.2) is 89.9 Å². The average molecular weight is 365 g/mol. The lowest BCUT2D eigenvalue weighted by Gasteiger charge is -2.32. The first-order valence-electron chi connectivity index (χ1n) is 9.71. The van der Waals surface area contributed by atoms with Crippen LogP contribution in [0.4, 0.5) is 0 Å². The molecule has 1 aromatic heterocycles. The monoisotopic (exact) mass is 365 g/mol. The second-order valence-corrected chi connectivity index (χ2v) is 7.65. The highest BCUT2D eigenvalue weighted by Crippen LogP contribution is 2.43. The van der Waals surface area contributed by atoms with Crippen molar-refractivity contribution < 1.29 is 0 Å². The molecule has 4 aromatic rings. The minimum Gasteiger partial charge on any atom is -0.358 e. The number of hydrogen-bond acceptors (Lipinski definition) is 2. The summed E-state index contributed by atoms with van der Waals surface area (Å²) in [7, 11) is 0. The number of aryl methyl sites for hydroxylation is 1. The summed E-state index contributed by atoms with van der Waals surface area (Å²) in [6, 6.07) is 29.6. The highest BCUT2D eigenvalue weighted by atomic mass is 15.2. The zero-order chi connectivity index (χ0) is 19.1. The van der Waals surface area contributed by atoms with Crippen LogP contribution in [-0.2, 0) is 5.54 Å². The van der Waals surface area contributed by atoms with E-state index in [9.17, 15) is 0 Å². The average Bonchev–Trinajstić information content (AvgIpc) is 3.26. The zero-order valence-electron chi connectivity index (χ0n) is 16.1. The largest absolute Gasteiger partial charge is 0.358 e. The third-order valence-corrected chi connectivity index (χ3v) is 5.80. The van der Waals surface area contributed by atoms with E-state index in [1.807, 2.05) is 0 Å². The van der Waals surface area contributed by atoms with E-state index in [4.69, 9.17) is 4.99 Å². The van der Waals surface area contributed by atoms with Crippen molar-refractivity contribution in [3.05, 3.63) is 107 Å². The first kappa shape index (κ1) is 16.8. The number of aliphatic imine (C=N–C) groups is 1. The molecule has 0 spiro atoms. The number of amidine groups is 1. The number of aromatic nitrogens is 1. The minimum absolute atomic E-state index is 0.000776. The highest BCUT2D eigenvalue weighted by Gasteiger charge is 2.43. The lowest BCUT2D eigenvalue weighted by Crippen LogP contribution is -2.42. The van der Waals surface area contributed by atoms with Crippen molar-refractivity contribution in [1.29, 1.82) is 0 Å². The molecular formula is C25H23N3. The summed E-state index contributed by atoms with van der Waals surface area (Å²) in [6.45, 7) is 4.37. The number of nitrogens with one attached hydrogen (secondary N) is 2. The quantitative estimate of drug-likeness (QED) is 0.496. The maximum atomic E-state index is 5.23. The summed E-state index contributed by atoms with van der Waals surface area (Å²) in [4.78, 5) is 8.73. The van der Waals surface area contributed by atoms with E-state index in [2.05, 4.69) is 109 Å². The number of rotatable bonds is 3. The number of fused-ring (bicyclic) bond motifs is 1. The number of para-hydroxylation sites is 1. The Morgan fingerprint density at radius 1 is 0.821 bits per heavy atom. The number of benzene rings is 3. The summed E-state index contributed by atoms with van der Waals surface area (Å²) in [5, 5.41) is 5.00. The lowest BCUT2D eigenvalue weighted by molar-refractivity contribution is 0.386. The molecule has 3 aromatic carbocycles. The molecule has 2 heterocycles. The molecule has 3 nitrogen and oxygen atoms in total. The van der Waals surface area contributed by atoms with Crippen molar-refractivity contribution in [2.24, 2.45) is 4.99 Å². The van der Waals surface area contributed by atoms with E-state index >= 15 is 0 Å². The van der Waals surface area contributed by atoms with Crippen molar-refractivity contribution in [2.45, 2.75) is 25.4 Å². The summed E-state index contributed by atoms with van der Waals surface area (Å²) in [6.07, 6.45) is 0. The molecule has 2 N–H and O–H groups in total. The van der Waals surface area contributed by atoms with Gasteiger partial charge in [0.25, 0.3) is 0 Å². The fraction of sp³-hybridized carbons (Fsp3) is 0.160. The fourth-order valence-electron chi connectivity index (χ4n) is 4.37. The van der Waals surface area contributed by atoms with Gasteiger partial charge >= 0.3 is 0 Å². The summed E-state index contributed by atoms with van der Waals surface area (Å²) >= 11 is 0.